The van der Waals surface area contributed by atoms with E-state index in [1.54, 1.807) is 12.1 Å². The maximum absolute atomic E-state index is 13.6. The molecular formula is C29H36FN3O5. The van der Waals surface area contributed by atoms with Gasteiger partial charge in [-0.3, -0.25) is 14.5 Å². The van der Waals surface area contributed by atoms with E-state index < -0.39 is 5.82 Å². The van der Waals surface area contributed by atoms with Crippen molar-refractivity contribution in [3.8, 4) is 5.75 Å². The Morgan fingerprint density at radius 3 is 2.63 bits per heavy atom. The van der Waals surface area contributed by atoms with Crippen molar-refractivity contribution < 1.29 is 28.2 Å². The van der Waals surface area contributed by atoms with Crippen LogP contribution in [0.25, 0.3) is 0 Å². The van der Waals surface area contributed by atoms with Crippen LogP contribution in [0.1, 0.15) is 52.9 Å². The summed E-state index contributed by atoms with van der Waals surface area (Å²) in [7, 11) is 0. The Bertz CT molecular complexity index is 1170. The number of benzene rings is 2. The maximum atomic E-state index is 13.6. The summed E-state index contributed by atoms with van der Waals surface area (Å²) >= 11 is 0. The van der Waals surface area contributed by atoms with E-state index in [1.165, 1.54) is 23.3 Å². The predicted octanol–water partition coefficient (Wildman–Crippen LogP) is 3.06. The number of morpholine rings is 2. The third kappa shape index (κ3) is 5.70. The number of amides is 2. The highest BCUT2D eigenvalue weighted by Gasteiger charge is 2.42. The molecule has 9 heteroatoms. The van der Waals surface area contributed by atoms with Gasteiger partial charge in [-0.05, 0) is 74.6 Å². The minimum absolute atomic E-state index is 0.0125. The average molecular weight is 526 g/mol. The number of carbonyl (C=O) groups is 2. The number of piperidine rings is 1. The molecule has 0 aliphatic carbocycles. The van der Waals surface area contributed by atoms with Crippen LogP contribution in [0, 0.1) is 19.7 Å². The number of halogens is 1. The van der Waals surface area contributed by atoms with Crippen LogP contribution >= 0.6 is 0 Å². The summed E-state index contributed by atoms with van der Waals surface area (Å²) in [6.07, 6.45) is 1.39. The Labute approximate surface area is 222 Å². The Kier molecular flexibility index (Phi) is 7.97. The van der Waals surface area contributed by atoms with Gasteiger partial charge in [-0.1, -0.05) is 12.1 Å². The minimum Gasteiger partial charge on any atom is -0.491 e. The van der Waals surface area contributed by atoms with Gasteiger partial charge in [-0.2, -0.15) is 0 Å². The fourth-order valence-corrected chi connectivity index (χ4v) is 6.00. The molecular weight excluding hydrogens is 489 g/mol. The zero-order valence-corrected chi connectivity index (χ0v) is 22.2. The quantitative estimate of drug-likeness (QED) is 0.578. The molecule has 2 bridgehead atoms. The van der Waals surface area contributed by atoms with Crippen LogP contribution in [0.5, 0.6) is 5.75 Å². The number of nitrogens with one attached hydrogen (secondary N) is 2. The first-order valence-electron chi connectivity index (χ1n) is 13.3. The Hall–Kier alpha value is -3.01. The van der Waals surface area contributed by atoms with Crippen LogP contribution in [0.4, 0.5) is 4.39 Å². The number of rotatable bonds is 7. The molecule has 3 aliphatic rings. The van der Waals surface area contributed by atoms with E-state index in [4.69, 9.17) is 14.2 Å². The number of fused-ring (bicyclic) bond motifs is 2. The van der Waals surface area contributed by atoms with E-state index >= 15 is 0 Å². The molecule has 2 aromatic carbocycles. The number of ether oxygens (including phenoxy) is 3. The molecule has 4 unspecified atom stereocenters. The van der Waals surface area contributed by atoms with Gasteiger partial charge in [-0.25, -0.2) is 4.39 Å². The topological polar surface area (TPSA) is 89.1 Å². The molecule has 4 atom stereocenters. The van der Waals surface area contributed by atoms with Gasteiger partial charge in [-0.15, -0.1) is 0 Å². The zero-order valence-electron chi connectivity index (χ0n) is 22.2. The van der Waals surface area contributed by atoms with Gasteiger partial charge < -0.3 is 24.8 Å². The Morgan fingerprint density at radius 1 is 1.18 bits per heavy atom. The molecule has 2 amide bonds. The highest BCUT2D eigenvalue weighted by Crippen LogP contribution is 2.38. The van der Waals surface area contributed by atoms with E-state index in [2.05, 4.69) is 42.4 Å². The lowest BCUT2D eigenvalue weighted by molar-refractivity contribution is -0.134. The van der Waals surface area contributed by atoms with E-state index in [-0.39, 0.29) is 48.7 Å². The van der Waals surface area contributed by atoms with Crippen molar-refractivity contribution in [3.63, 3.8) is 0 Å². The molecule has 2 N–H and O–H groups in total. The Balaban J connectivity index is 1.24. The van der Waals surface area contributed by atoms with E-state index in [0.717, 1.165) is 24.2 Å². The molecule has 0 saturated carbocycles. The fraction of sp³-hybridized carbons (Fsp3) is 0.517. The molecule has 204 valence electrons. The van der Waals surface area contributed by atoms with Crippen LogP contribution in [0.3, 0.4) is 0 Å². The molecule has 0 aromatic heterocycles. The summed E-state index contributed by atoms with van der Waals surface area (Å²) in [4.78, 5) is 26.6. The normalized spacial score (nSPS) is 26.4. The average Bonchev–Trinajstić information content (AvgIpc) is 2.89. The van der Waals surface area contributed by atoms with Crippen LogP contribution in [0.15, 0.2) is 36.4 Å². The van der Waals surface area contributed by atoms with Gasteiger partial charge in [0.1, 0.15) is 30.9 Å². The fourth-order valence-electron chi connectivity index (χ4n) is 6.00. The van der Waals surface area contributed by atoms with Gasteiger partial charge in [0, 0.05) is 36.3 Å². The van der Waals surface area contributed by atoms with Gasteiger partial charge in [0.25, 0.3) is 5.91 Å². The molecule has 38 heavy (non-hydrogen) atoms. The molecule has 3 saturated heterocycles. The molecule has 2 aromatic rings. The summed E-state index contributed by atoms with van der Waals surface area (Å²) in [5, 5.41) is 5.92. The highest BCUT2D eigenvalue weighted by atomic mass is 19.1. The lowest BCUT2D eigenvalue weighted by Gasteiger charge is -2.51. The maximum Gasteiger partial charge on any atom is 0.251 e. The van der Waals surface area contributed by atoms with Crippen molar-refractivity contribution in [1.82, 2.24) is 15.5 Å². The molecule has 0 spiro atoms. The summed E-state index contributed by atoms with van der Waals surface area (Å²) < 4.78 is 31.1. The van der Waals surface area contributed by atoms with Crippen LogP contribution < -0.4 is 15.4 Å². The summed E-state index contributed by atoms with van der Waals surface area (Å²) in [5.74, 6) is 0.0727. The van der Waals surface area contributed by atoms with Gasteiger partial charge >= 0.3 is 0 Å². The molecule has 3 fully saturated rings. The lowest BCUT2D eigenvalue weighted by Crippen LogP contribution is -2.61. The number of hydrogen-bond donors (Lipinski definition) is 2. The van der Waals surface area contributed by atoms with Crippen molar-refractivity contribution in [2.24, 2.45) is 0 Å². The predicted molar refractivity (Wildman–Crippen MR) is 140 cm³/mol. The minimum atomic E-state index is -0.413. The van der Waals surface area contributed by atoms with Crippen molar-refractivity contribution in [3.05, 3.63) is 64.5 Å². The van der Waals surface area contributed by atoms with Gasteiger partial charge in [0.2, 0.25) is 5.91 Å². The van der Waals surface area contributed by atoms with E-state index in [9.17, 15) is 14.0 Å². The number of hydrogen-bond acceptors (Lipinski definition) is 6. The first-order valence-corrected chi connectivity index (χ1v) is 13.3. The lowest BCUT2D eigenvalue weighted by atomic mass is 9.86. The third-order valence-corrected chi connectivity index (χ3v) is 8.08. The van der Waals surface area contributed by atoms with Crippen LogP contribution in [-0.4, -0.2) is 73.9 Å². The molecule has 0 radical (unpaired) electrons. The van der Waals surface area contributed by atoms with E-state index in [1.807, 2.05) is 6.07 Å². The second-order valence-electron chi connectivity index (χ2n) is 10.6. The van der Waals surface area contributed by atoms with Crippen LogP contribution in [-0.2, 0) is 14.3 Å². The smallest absolute Gasteiger partial charge is 0.251 e. The summed E-state index contributed by atoms with van der Waals surface area (Å²) in [5.41, 5.74) is 3.87. The van der Waals surface area contributed by atoms with Gasteiger partial charge in [0.15, 0.2) is 0 Å². The first kappa shape index (κ1) is 26.6. The van der Waals surface area contributed by atoms with E-state index in [0.29, 0.717) is 31.9 Å². The molecule has 5 rings (SSSR count). The number of nitrogens with zero attached hydrogens (tertiary/aromatic N) is 1. The van der Waals surface area contributed by atoms with Crippen LogP contribution in [0.2, 0.25) is 0 Å². The molecule has 3 heterocycles. The molecule has 8 nitrogen and oxygen atoms in total. The monoisotopic (exact) mass is 525 g/mol. The largest absolute Gasteiger partial charge is 0.491 e. The van der Waals surface area contributed by atoms with Crippen molar-refractivity contribution in [2.75, 3.05) is 33.0 Å². The van der Waals surface area contributed by atoms with Gasteiger partial charge in [0.05, 0.1) is 13.2 Å². The standard InChI is InChI=1S/C29H36FN3O5/c1-17-18(2)27(38-15-25-12-31-28(34)16-37-25)8-7-26(17)19(3)33-23-10-22(11-24(33)14-36-13-23)32-29(35)20-5-4-6-21(30)9-20/h4-9,19,22-25H,10-16H2,1-3H3,(H,31,34)(H,32,35). The molecule has 3 aliphatic heterocycles. The zero-order chi connectivity index (χ0) is 26.8. The van der Waals surface area contributed by atoms with Crippen molar-refractivity contribution in [2.45, 2.75) is 63.9 Å². The second-order valence-corrected chi connectivity index (χ2v) is 10.6. The number of carbonyl (C=O) groups excluding carboxylic acids is 2. The van der Waals surface area contributed by atoms with Crippen molar-refractivity contribution >= 4 is 11.8 Å². The third-order valence-electron chi connectivity index (χ3n) is 8.08. The highest BCUT2D eigenvalue weighted by molar-refractivity contribution is 5.94. The van der Waals surface area contributed by atoms with Crippen molar-refractivity contribution in [1.29, 1.82) is 0 Å². The SMILES string of the molecule is Cc1c(OCC2CNC(=O)CO2)ccc(C(C)N2C3COCC2CC(NC(=O)c2cccc(F)c2)C3)c1C. The Morgan fingerprint density at radius 2 is 1.95 bits per heavy atom. The summed E-state index contributed by atoms with van der Waals surface area (Å²) in [6.45, 7) is 8.57. The second kappa shape index (κ2) is 11.4. The first-order chi connectivity index (χ1) is 18.3. The summed E-state index contributed by atoms with van der Waals surface area (Å²) in [6, 6.07) is 10.5.